The predicted octanol–water partition coefficient (Wildman–Crippen LogP) is 5.28. The summed E-state index contributed by atoms with van der Waals surface area (Å²) in [5, 5.41) is 0. The molecule has 0 spiro atoms. The van der Waals surface area contributed by atoms with E-state index in [0.717, 1.165) is 11.1 Å². The Bertz CT molecular complexity index is 1250. The summed E-state index contributed by atoms with van der Waals surface area (Å²) < 4.78 is 20.8. The van der Waals surface area contributed by atoms with Gasteiger partial charge >= 0.3 is 0 Å². The van der Waals surface area contributed by atoms with Gasteiger partial charge in [0.25, 0.3) is 0 Å². The average Bonchev–Trinajstić information content (AvgIpc) is 2.81. The monoisotopic (exact) mass is 429 g/mol. The molecule has 1 aromatic heterocycles. The van der Waals surface area contributed by atoms with E-state index in [0.29, 0.717) is 33.3 Å². The van der Waals surface area contributed by atoms with E-state index in [-0.39, 0.29) is 5.43 Å². The summed E-state index contributed by atoms with van der Waals surface area (Å²) in [5.41, 5.74) is 2.75. The van der Waals surface area contributed by atoms with Crippen molar-refractivity contribution < 1.29 is 9.29 Å². The van der Waals surface area contributed by atoms with Crippen molar-refractivity contribution in [3.63, 3.8) is 0 Å². The van der Waals surface area contributed by atoms with Crippen LogP contribution in [0, 0.1) is 0 Å². The molecule has 31 heavy (non-hydrogen) atoms. The molecule has 1 atom stereocenters. The number of hydrogen-bond acceptors (Lipinski definition) is 3. The van der Waals surface area contributed by atoms with Crippen LogP contribution in [0.5, 0.6) is 5.75 Å². The molecule has 4 rings (SSSR count). The first-order chi connectivity index (χ1) is 15.1. The van der Waals surface area contributed by atoms with Crippen molar-refractivity contribution >= 4 is 11.2 Å². The van der Waals surface area contributed by atoms with Crippen molar-refractivity contribution in [1.82, 2.24) is 4.57 Å². The number of nitrogens with zero attached hydrogens (tertiary/aromatic N) is 1. The van der Waals surface area contributed by atoms with E-state index >= 15 is 0 Å². The molecule has 0 radical (unpaired) electrons. The summed E-state index contributed by atoms with van der Waals surface area (Å²) in [6.07, 6.45) is 3.65. The van der Waals surface area contributed by atoms with Crippen LogP contribution in [-0.4, -0.2) is 15.7 Å². The van der Waals surface area contributed by atoms with Crippen LogP contribution < -0.4 is 10.2 Å². The van der Waals surface area contributed by atoms with Gasteiger partial charge in [0.1, 0.15) is 0 Å². The number of hydrogen-bond donors (Lipinski definition) is 0. The fraction of sp³-hybridized carbons (Fsp3) is 0.115. The molecule has 0 fully saturated rings. The second-order valence-electron chi connectivity index (χ2n) is 7.12. The van der Waals surface area contributed by atoms with E-state index in [1.165, 1.54) is 0 Å². The largest absolute Gasteiger partial charge is 0.606 e. The molecule has 0 saturated heterocycles. The second-order valence-corrected chi connectivity index (χ2v) is 8.57. The quantitative estimate of drug-likeness (QED) is 0.392. The molecule has 156 valence electrons. The van der Waals surface area contributed by atoms with Gasteiger partial charge in [0.05, 0.1) is 6.61 Å². The molecule has 0 aliphatic rings. The number of pyridine rings is 1. The first kappa shape index (κ1) is 21.0. The van der Waals surface area contributed by atoms with Crippen LogP contribution in [0.15, 0.2) is 106 Å². The molecule has 0 aliphatic carbocycles. The Labute approximate surface area is 184 Å². The van der Waals surface area contributed by atoms with Crippen molar-refractivity contribution in [3.8, 4) is 28.0 Å². The second kappa shape index (κ2) is 9.25. The maximum absolute atomic E-state index is 13.3. The Hall–Kier alpha value is -3.28. The molecule has 0 saturated carbocycles. The fourth-order valence-electron chi connectivity index (χ4n) is 3.52. The van der Waals surface area contributed by atoms with Gasteiger partial charge in [-0.15, -0.1) is 0 Å². The lowest BCUT2D eigenvalue weighted by Crippen LogP contribution is -2.12. The van der Waals surface area contributed by atoms with E-state index in [1.807, 2.05) is 110 Å². The molecule has 0 amide bonds. The lowest BCUT2D eigenvalue weighted by Gasteiger charge is -2.15. The number of aromatic nitrogens is 1. The van der Waals surface area contributed by atoms with Crippen molar-refractivity contribution in [1.29, 1.82) is 0 Å². The Morgan fingerprint density at radius 1 is 0.871 bits per heavy atom. The van der Waals surface area contributed by atoms with Gasteiger partial charge in [-0.25, -0.2) is 0 Å². The van der Waals surface area contributed by atoms with Crippen molar-refractivity contribution in [3.05, 3.63) is 101 Å². The summed E-state index contributed by atoms with van der Waals surface area (Å²) in [7, 11) is 1.90. The van der Waals surface area contributed by atoms with E-state index in [2.05, 4.69) is 0 Å². The third-order valence-electron chi connectivity index (χ3n) is 4.95. The smallest absolute Gasteiger partial charge is 0.200 e. The zero-order valence-electron chi connectivity index (χ0n) is 17.4. The van der Waals surface area contributed by atoms with Crippen molar-refractivity contribution in [2.45, 2.75) is 16.7 Å². The lowest BCUT2D eigenvalue weighted by molar-refractivity contribution is 0.331. The van der Waals surface area contributed by atoms with Gasteiger partial charge in [-0.2, -0.15) is 0 Å². The van der Waals surface area contributed by atoms with Gasteiger partial charge in [0.15, 0.2) is 21.0 Å². The average molecular weight is 430 g/mol. The summed E-state index contributed by atoms with van der Waals surface area (Å²) >= 11 is -1.43. The molecule has 5 heteroatoms. The molecular formula is C26H23NO3S. The van der Waals surface area contributed by atoms with E-state index in [9.17, 15) is 9.35 Å². The lowest BCUT2D eigenvalue weighted by atomic mass is 10.0. The van der Waals surface area contributed by atoms with Crippen molar-refractivity contribution in [2.24, 2.45) is 7.05 Å². The Morgan fingerprint density at radius 2 is 1.52 bits per heavy atom. The van der Waals surface area contributed by atoms with Crippen molar-refractivity contribution in [2.75, 3.05) is 6.61 Å². The van der Waals surface area contributed by atoms with Crippen LogP contribution in [0.2, 0.25) is 0 Å². The Kier molecular flexibility index (Phi) is 6.26. The highest BCUT2D eigenvalue weighted by Crippen LogP contribution is 2.31. The SMILES string of the molecule is CCOc1ccccc1[S+]([O-])c1cccc(-c2cn(C)cc(-c3ccccc3)c2=O)c1. The first-order valence-corrected chi connectivity index (χ1v) is 11.2. The molecule has 1 unspecified atom stereocenters. The van der Waals surface area contributed by atoms with Gasteiger partial charge in [0.2, 0.25) is 0 Å². The summed E-state index contributed by atoms with van der Waals surface area (Å²) in [4.78, 5) is 14.5. The van der Waals surface area contributed by atoms with E-state index in [4.69, 9.17) is 4.74 Å². The minimum atomic E-state index is -1.43. The number of para-hydroxylation sites is 1. The van der Waals surface area contributed by atoms with Crippen LogP contribution in [0.25, 0.3) is 22.3 Å². The Balaban J connectivity index is 1.78. The number of aryl methyl sites for hydroxylation is 1. The standard InChI is InChI=1S/C26H23NO3S/c1-3-30-24-14-7-8-15-25(24)31(29)21-13-9-12-20(16-21)23-18-27(2)17-22(26(23)28)19-10-5-4-6-11-19/h4-18H,3H2,1-2H3. The minimum Gasteiger partial charge on any atom is -0.606 e. The zero-order valence-corrected chi connectivity index (χ0v) is 18.3. The normalized spacial score (nSPS) is 11.8. The van der Waals surface area contributed by atoms with E-state index in [1.54, 1.807) is 0 Å². The van der Waals surface area contributed by atoms with Crippen LogP contribution in [-0.2, 0) is 18.2 Å². The highest BCUT2D eigenvalue weighted by molar-refractivity contribution is 7.91. The van der Waals surface area contributed by atoms with E-state index < -0.39 is 11.2 Å². The van der Waals surface area contributed by atoms with Gasteiger partial charge in [-0.3, -0.25) is 4.79 Å². The van der Waals surface area contributed by atoms with Gasteiger partial charge in [-0.05, 0) is 36.2 Å². The maximum atomic E-state index is 13.3. The zero-order chi connectivity index (χ0) is 21.8. The molecule has 0 N–H and O–H groups in total. The first-order valence-electron chi connectivity index (χ1n) is 10.1. The molecule has 3 aromatic carbocycles. The highest BCUT2D eigenvalue weighted by Gasteiger charge is 2.21. The summed E-state index contributed by atoms with van der Waals surface area (Å²) in [6.45, 7) is 2.40. The molecular weight excluding hydrogens is 406 g/mol. The van der Waals surface area contributed by atoms with Crippen LogP contribution >= 0.6 is 0 Å². The molecule has 4 nitrogen and oxygen atoms in total. The van der Waals surface area contributed by atoms with Crippen LogP contribution in [0.4, 0.5) is 0 Å². The van der Waals surface area contributed by atoms with Crippen LogP contribution in [0.1, 0.15) is 6.92 Å². The maximum Gasteiger partial charge on any atom is 0.200 e. The molecule has 4 aromatic rings. The third-order valence-corrected chi connectivity index (χ3v) is 6.37. The number of benzene rings is 3. The topological polar surface area (TPSA) is 54.3 Å². The highest BCUT2D eigenvalue weighted by atomic mass is 32.2. The molecule has 0 bridgehead atoms. The van der Waals surface area contributed by atoms with Gasteiger partial charge in [0, 0.05) is 47.8 Å². The Morgan fingerprint density at radius 3 is 2.26 bits per heavy atom. The van der Waals surface area contributed by atoms with Crippen LogP contribution in [0.3, 0.4) is 0 Å². The summed E-state index contributed by atoms with van der Waals surface area (Å²) in [6, 6.07) is 24.3. The third kappa shape index (κ3) is 4.43. The van der Waals surface area contributed by atoms with Gasteiger partial charge in [-0.1, -0.05) is 54.6 Å². The predicted molar refractivity (Wildman–Crippen MR) is 125 cm³/mol. The molecule has 1 heterocycles. The number of rotatable bonds is 6. The number of ether oxygens (including phenoxy) is 1. The summed E-state index contributed by atoms with van der Waals surface area (Å²) in [5.74, 6) is 0.607. The molecule has 0 aliphatic heterocycles. The fourth-order valence-corrected chi connectivity index (χ4v) is 4.72. The van der Waals surface area contributed by atoms with Gasteiger partial charge < -0.3 is 13.9 Å². The minimum absolute atomic E-state index is 0.0538.